The zero-order valence-electron chi connectivity index (χ0n) is 10.3. The minimum Gasteiger partial charge on any atom is -0.454 e. The molecule has 0 saturated heterocycles. The van der Waals surface area contributed by atoms with Gasteiger partial charge in [0, 0.05) is 18.8 Å². The van der Waals surface area contributed by atoms with Gasteiger partial charge in [-0.15, -0.1) is 0 Å². The van der Waals surface area contributed by atoms with Crippen LogP contribution in [0.4, 0.5) is 0 Å². The fourth-order valence-electron chi connectivity index (χ4n) is 2.00. The van der Waals surface area contributed by atoms with Gasteiger partial charge in [0.25, 0.3) is 5.91 Å². The minimum atomic E-state index is -0.166. The van der Waals surface area contributed by atoms with E-state index in [1.54, 1.807) is 25.4 Å². The number of carbonyl (C=O) groups excluding carboxylic acids is 1. The molecule has 0 spiro atoms. The number of amides is 1. The largest absolute Gasteiger partial charge is 0.454 e. The van der Waals surface area contributed by atoms with Crippen LogP contribution in [0.1, 0.15) is 10.4 Å². The molecule has 1 aromatic heterocycles. The van der Waals surface area contributed by atoms with Crippen LogP contribution in [0.2, 0.25) is 0 Å². The third-order valence-corrected chi connectivity index (χ3v) is 2.93. The van der Waals surface area contributed by atoms with E-state index in [2.05, 4.69) is 10.3 Å². The molecule has 5 nitrogen and oxygen atoms in total. The Bertz CT molecular complexity index is 640. The van der Waals surface area contributed by atoms with Gasteiger partial charge < -0.3 is 14.8 Å². The van der Waals surface area contributed by atoms with Crippen LogP contribution in [-0.4, -0.2) is 24.7 Å². The van der Waals surface area contributed by atoms with Crippen molar-refractivity contribution >= 4 is 5.91 Å². The van der Waals surface area contributed by atoms with E-state index in [0.717, 1.165) is 5.56 Å². The van der Waals surface area contributed by atoms with E-state index in [1.807, 2.05) is 18.2 Å². The van der Waals surface area contributed by atoms with Crippen LogP contribution in [0, 0.1) is 0 Å². The second kappa shape index (κ2) is 4.61. The number of benzene rings is 1. The minimum absolute atomic E-state index is 0.166. The highest BCUT2D eigenvalue weighted by Crippen LogP contribution is 2.36. The Morgan fingerprint density at radius 1 is 1.26 bits per heavy atom. The van der Waals surface area contributed by atoms with Crippen molar-refractivity contribution in [2.45, 2.75) is 0 Å². The van der Waals surface area contributed by atoms with E-state index in [0.29, 0.717) is 22.8 Å². The molecule has 3 rings (SSSR count). The maximum absolute atomic E-state index is 11.8. The van der Waals surface area contributed by atoms with Crippen LogP contribution in [-0.2, 0) is 0 Å². The number of hydrogen-bond donors (Lipinski definition) is 1. The molecule has 1 aliphatic heterocycles. The molecule has 0 atom stereocenters. The molecule has 1 aliphatic rings. The molecule has 1 amide bonds. The number of aromatic nitrogens is 1. The number of nitrogens with zero attached hydrogens (tertiary/aromatic N) is 1. The summed E-state index contributed by atoms with van der Waals surface area (Å²) in [5, 5.41) is 2.61. The lowest BCUT2D eigenvalue weighted by Crippen LogP contribution is -2.19. The summed E-state index contributed by atoms with van der Waals surface area (Å²) in [7, 11) is 1.60. The molecule has 5 heteroatoms. The predicted molar refractivity (Wildman–Crippen MR) is 69.2 cm³/mol. The van der Waals surface area contributed by atoms with Crippen molar-refractivity contribution in [1.29, 1.82) is 0 Å². The standard InChI is InChI=1S/C14H12N2O3/c1-15-14(17)10-3-2-6-16-13(10)9-4-5-11-12(7-9)19-8-18-11/h2-7H,8H2,1H3,(H,15,17). The van der Waals surface area contributed by atoms with Crippen molar-refractivity contribution in [2.24, 2.45) is 0 Å². The zero-order valence-corrected chi connectivity index (χ0v) is 10.3. The van der Waals surface area contributed by atoms with Crippen molar-refractivity contribution in [3.63, 3.8) is 0 Å². The smallest absolute Gasteiger partial charge is 0.253 e. The number of rotatable bonds is 2. The molecule has 0 saturated carbocycles. The molecular formula is C14H12N2O3. The lowest BCUT2D eigenvalue weighted by molar-refractivity contribution is 0.0963. The van der Waals surface area contributed by atoms with Gasteiger partial charge in [0.2, 0.25) is 6.79 Å². The molecule has 0 bridgehead atoms. The molecule has 1 N–H and O–H groups in total. The first-order valence-corrected chi connectivity index (χ1v) is 5.86. The molecule has 0 radical (unpaired) electrons. The Hall–Kier alpha value is -2.56. The number of nitrogens with one attached hydrogen (secondary N) is 1. The van der Waals surface area contributed by atoms with E-state index in [4.69, 9.17) is 9.47 Å². The van der Waals surface area contributed by atoms with Gasteiger partial charge in [-0.25, -0.2) is 0 Å². The van der Waals surface area contributed by atoms with Crippen molar-refractivity contribution in [3.05, 3.63) is 42.1 Å². The third kappa shape index (κ3) is 1.99. The Balaban J connectivity index is 2.09. The van der Waals surface area contributed by atoms with Gasteiger partial charge >= 0.3 is 0 Å². The van der Waals surface area contributed by atoms with Gasteiger partial charge in [0.1, 0.15) is 0 Å². The van der Waals surface area contributed by atoms with Gasteiger partial charge in [0.05, 0.1) is 11.3 Å². The average Bonchev–Trinajstić information content (AvgIpc) is 2.93. The lowest BCUT2D eigenvalue weighted by atomic mass is 10.0. The van der Waals surface area contributed by atoms with E-state index in [-0.39, 0.29) is 12.7 Å². The van der Waals surface area contributed by atoms with E-state index < -0.39 is 0 Å². The Morgan fingerprint density at radius 3 is 2.95 bits per heavy atom. The van der Waals surface area contributed by atoms with Gasteiger partial charge in [-0.1, -0.05) is 0 Å². The van der Waals surface area contributed by atoms with Crippen LogP contribution in [0.15, 0.2) is 36.5 Å². The molecule has 2 heterocycles. The number of carbonyl (C=O) groups is 1. The maximum Gasteiger partial charge on any atom is 0.253 e. The van der Waals surface area contributed by atoms with E-state index in [1.165, 1.54) is 0 Å². The summed E-state index contributed by atoms with van der Waals surface area (Å²) in [5.41, 5.74) is 1.98. The summed E-state index contributed by atoms with van der Waals surface area (Å²) in [4.78, 5) is 16.1. The van der Waals surface area contributed by atoms with Crippen LogP contribution in [0.3, 0.4) is 0 Å². The lowest BCUT2D eigenvalue weighted by Gasteiger charge is -2.07. The first-order chi connectivity index (χ1) is 9.29. The van der Waals surface area contributed by atoms with Gasteiger partial charge in [-0.3, -0.25) is 9.78 Å². The van der Waals surface area contributed by atoms with Crippen LogP contribution in [0.25, 0.3) is 11.3 Å². The molecule has 96 valence electrons. The number of fused-ring (bicyclic) bond motifs is 1. The number of ether oxygens (including phenoxy) is 2. The highest BCUT2D eigenvalue weighted by atomic mass is 16.7. The van der Waals surface area contributed by atoms with Crippen molar-refractivity contribution in [3.8, 4) is 22.8 Å². The summed E-state index contributed by atoms with van der Waals surface area (Å²) in [6.07, 6.45) is 1.66. The molecule has 0 aliphatic carbocycles. The van der Waals surface area contributed by atoms with Gasteiger partial charge in [0.15, 0.2) is 11.5 Å². The van der Waals surface area contributed by atoms with Crippen molar-refractivity contribution in [1.82, 2.24) is 10.3 Å². The fraction of sp³-hybridized carbons (Fsp3) is 0.143. The number of hydrogen-bond acceptors (Lipinski definition) is 4. The topological polar surface area (TPSA) is 60.5 Å². The SMILES string of the molecule is CNC(=O)c1cccnc1-c1ccc2c(c1)OCO2. The highest BCUT2D eigenvalue weighted by molar-refractivity contribution is 5.99. The van der Waals surface area contributed by atoms with E-state index in [9.17, 15) is 4.79 Å². The first-order valence-electron chi connectivity index (χ1n) is 5.86. The van der Waals surface area contributed by atoms with Crippen LogP contribution < -0.4 is 14.8 Å². The fourth-order valence-corrected chi connectivity index (χ4v) is 2.00. The zero-order chi connectivity index (χ0) is 13.2. The summed E-state index contributed by atoms with van der Waals surface area (Å²) in [5.74, 6) is 1.22. The van der Waals surface area contributed by atoms with Crippen molar-refractivity contribution < 1.29 is 14.3 Å². The summed E-state index contributed by atoms with van der Waals surface area (Å²) in [6, 6.07) is 8.99. The predicted octanol–water partition coefficient (Wildman–Crippen LogP) is 1.84. The summed E-state index contributed by atoms with van der Waals surface area (Å²) in [6.45, 7) is 0.226. The second-order valence-electron chi connectivity index (χ2n) is 4.05. The number of pyridine rings is 1. The quantitative estimate of drug-likeness (QED) is 0.890. The molecule has 0 fully saturated rings. The Morgan fingerprint density at radius 2 is 2.11 bits per heavy atom. The van der Waals surface area contributed by atoms with Gasteiger partial charge in [-0.05, 0) is 30.3 Å². The highest BCUT2D eigenvalue weighted by Gasteiger charge is 2.17. The monoisotopic (exact) mass is 256 g/mol. The molecular weight excluding hydrogens is 244 g/mol. The third-order valence-electron chi connectivity index (χ3n) is 2.93. The van der Waals surface area contributed by atoms with Crippen LogP contribution in [0.5, 0.6) is 11.5 Å². The van der Waals surface area contributed by atoms with Crippen LogP contribution >= 0.6 is 0 Å². The Kier molecular flexibility index (Phi) is 2.79. The summed E-state index contributed by atoms with van der Waals surface area (Å²) < 4.78 is 10.6. The summed E-state index contributed by atoms with van der Waals surface area (Å²) >= 11 is 0. The second-order valence-corrected chi connectivity index (χ2v) is 4.05. The van der Waals surface area contributed by atoms with Gasteiger partial charge in [-0.2, -0.15) is 0 Å². The molecule has 0 unspecified atom stereocenters. The first kappa shape index (κ1) is 11.5. The Labute approximate surface area is 110 Å². The maximum atomic E-state index is 11.8. The molecule has 1 aromatic carbocycles. The normalized spacial score (nSPS) is 12.3. The molecule has 19 heavy (non-hydrogen) atoms. The molecule has 2 aromatic rings. The van der Waals surface area contributed by atoms with E-state index >= 15 is 0 Å². The average molecular weight is 256 g/mol. The van der Waals surface area contributed by atoms with Crippen molar-refractivity contribution in [2.75, 3.05) is 13.8 Å².